The van der Waals surface area contributed by atoms with E-state index in [9.17, 15) is 4.79 Å². The van der Waals surface area contributed by atoms with Crippen molar-refractivity contribution in [1.29, 1.82) is 0 Å². The average molecular weight is 330 g/mol. The van der Waals surface area contributed by atoms with Crippen molar-refractivity contribution >= 4 is 5.91 Å². The maximum Gasteiger partial charge on any atom is 0.236 e. The van der Waals surface area contributed by atoms with Crippen molar-refractivity contribution in [2.45, 2.75) is 64.8 Å². The van der Waals surface area contributed by atoms with E-state index < -0.39 is 0 Å². The molecule has 1 aliphatic heterocycles. The fourth-order valence-corrected chi connectivity index (χ4v) is 3.52. The monoisotopic (exact) mass is 330 g/mol. The van der Waals surface area contributed by atoms with Crippen LogP contribution in [0.5, 0.6) is 0 Å². The van der Waals surface area contributed by atoms with Gasteiger partial charge in [-0.15, -0.1) is 0 Å². The molecule has 1 aromatic rings. The molecule has 1 aliphatic carbocycles. The molecule has 1 saturated heterocycles. The lowest BCUT2D eigenvalue weighted by Crippen LogP contribution is -2.51. The fraction of sp³-hybridized carbons (Fsp3) is 0.650. The third-order valence-electron chi connectivity index (χ3n) is 4.99. The normalized spacial score (nSPS) is 24.4. The second-order valence-electron chi connectivity index (χ2n) is 7.36. The molecule has 1 saturated carbocycles. The minimum Gasteiger partial charge on any atom is -0.372 e. The number of benzene rings is 1. The molecule has 2 unspecified atom stereocenters. The van der Waals surface area contributed by atoms with Crippen LogP contribution in [0.15, 0.2) is 24.3 Å². The van der Waals surface area contributed by atoms with Gasteiger partial charge in [-0.1, -0.05) is 31.2 Å². The van der Waals surface area contributed by atoms with E-state index in [1.54, 1.807) is 0 Å². The lowest BCUT2D eigenvalue weighted by atomic mass is 10.1. The summed E-state index contributed by atoms with van der Waals surface area (Å²) in [6.45, 7) is 9.09. The first kappa shape index (κ1) is 17.4. The Hall–Kier alpha value is -1.39. The Balaban J connectivity index is 1.60. The Kier molecular flexibility index (Phi) is 5.57. The number of ether oxygens (including phenoxy) is 1. The lowest BCUT2D eigenvalue weighted by Gasteiger charge is -2.36. The van der Waals surface area contributed by atoms with Gasteiger partial charge in [-0.3, -0.25) is 9.69 Å². The number of rotatable bonds is 6. The van der Waals surface area contributed by atoms with Gasteiger partial charge in [-0.25, -0.2) is 0 Å². The van der Waals surface area contributed by atoms with Crippen LogP contribution in [0.25, 0.3) is 0 Å². The highest BCUT2D eigenvalue weighted by Crippen LogP contribution is 2.28. The Bertz CT molecular complexity index is 543. The summed E-state index contributed by atoms with van der Waals surface area (Å²) in [5.74, 6) is 0.245. The largest absolute Gasteiger partial charge is 0.372 e. The molecule has 2 atom stereocenters. The van der Waals surface area contributed by atoms with Gasteiger partial charge in [0, 0.05) is 25.7 Å². The Morgan fingerprint density at radius 3 is 2.25 bits per heavy atom. The number of nitrogens with zero attached hydrogens (tertiary/aromatic N) is 2. The molecule has 4 heteroatoms. The number of aryl methyl sites for hydroxylation is 1. The molecule has 0 spiro atoms. The van der Waals surface area contributed by atoms with Gasteiger partial charge < -0.3 is 9.64 Å². The highest BCUT2D eigenvalue weighted by Gasteiger charge is 2.33. The van der Waals surface area contributed by atoms with Gasteiger partial charge >= 0.3 is 0 Å². The van der Waals surface area contributed by atoms with E-state index in [-0.39, 0.29) is 18.1 Å². The average Bonchev–Trinajstić information content (AvgIpc) is 3.39. The first-order valence-electron chi connectivity index (χ1n) is 9.30. The fourth-order valence-electron chi connectivity index (χ4n) is 3.52. The molecule has 2 aliphatic rings. The molecule has 2 fully saturated rings. The molecule has 0 N–H and O–H groups in total. The van der Waals surface area contributed by atoms with Crippen molar-refractivity contribution < 1.29 is 9.53 Å². The van der Waals surface area contributed by atoms with Crippen LogP contribution in [0.1, 0.15) is 44.7 Å². The minimum absolute atomic E-state index is 0.133. The number of morpholine rings is 1. The smallest absolute Gasteiger partial charge is 0.236 e. The van der Waals surface area contributed by atoms with E-state index in [0.29, 0.717) is 25.7 Å². The summed E-state index contributed by atoms with van der Waals surface area (Å²) >= 11 is 0. The summed E-state index contributed by atoms with van der Waals surface area (Å²) in [4.78, 5) is 17.1. The topological polar surface area (TPSA) is 32.8 Å². The van der Waals surface area contributed by atoms with Crippen molar-refractivity contribution in [3.8, 4) is 0 Å². The molecular formula is C20H30N2O2. The Morgan fingerprint density at radius 1 is 1.12 bits per heavy atom. The van der Waals surface area contributed by atoms with Crippen LogP contribution in [0, 0.1) is 0 Å². The van der Waals surface area contributed by atoms with Crippen LogP contribution in [-0.2, 0) is 22.5 Å². The zero-order chi connectivity index (χ0) is 17.1. The van der Waals surface area contributed by atoms with Crippen LogP contribution in [0.4, 0.5) is 0 Å². The van der Waals surface area contributed by atoms with Crippen molar-refractivity contribution in [3.05, 3.63) is 35.4 Å². The third kappa shape index (κ3) is 4.58. The molecule has 3 rings (SSSR count). The third-order valence-corrected chi connectivity index (χ3v) is 4.99. The molecule has 0 aromatic heterocycles. The summed E-state index contributed by atoms with van der Waals surface area (Å²) in [5.41, 5.74) is 2.67. The first-order valence-corrected chi connectivity index (χ1v) is 9.30. The highest BCUT2D eigenvalue weighted by molar-refractivity contribution is 5.78. The molecule has 0 bridgehead atoms. The zero-order valence-electron chi connectivity index (χ0n) is 15.2. The number of amides is 1. The van der Waals surface area contributed by atoms with Crippen molar-refractivity contribution in [3.63, 3.8) is 0 Å². The van der Waals surface area contributed by atoms with Gasteiger partial charge in [-0.2, -0.15) is 0 Å². The Morgan fingerprint density at radius 2 is 1.71 bits per heavy atom. The molecule has 0 radical (unpaired) electrons. The first-order chi connectivity index (χ1) is 11.5. The number of hydrogen-bond acceptors (Lipinski definition) is 3. The lowest BCUT2D eigenvalue weighted by molar-refractivity contribution is -0.144. The Labute approximate surface area is 145 Å². The van der Waals surface area contributed by atoms with Gasteiger partial charge in [0.05, 0.1) is 18.8 Å². The molecule has 24 heavy (non-hydrogen) atoms. The van der Waals surface area contributed by atoms with E-state index in [1.807, 2.05) is 18.7 Å². The minimum atomic E-state index is 0.133. The predicted molar refractivity (Wildman–Crippen MR) is 95.8 cm³/mol. The molecule has 4 nitrogen and oxygen atoms in total. The summed E-state index contributed by atoms with van der Waals surface area (Å²) in [6.07, 6.45) is 3.77. The predicted octanol–water partition coefficient (Wildman–Crippen LogP) is 2.85. The van der Waals surface area contributed by atoms with E-state index in [2.05, 4.69) is 36.1 Å². The van der Waals surface area contributed by atoms with Crippen LogP contribution in [-0.4, -0.2) is 53.6 Å². The summed E-state index contributed by atoms with van der Waals surface area (Å²) in [7, 11) is 0. The summed E-state index contributed by atoms with van der Waals surface area (Å²) < 4.78 is 5.74. The van der Waals surface area contributed by atoms with Gasteiger partial charge in [-0.05, 0) is 44.2 Å². The maximum atomic E-state index is 12.8. The van der Waals surface area contributed by atoms with E-state index in [1.165, 1.54) is 24.0 Å². The molecule has 1 heterocycles. The molecule has 1 aromatic carbocycles. The van der Waals surface area contributed by atoms with E-state index >= 15 is 0 Å². The van der Waals surface area contributed by atoms with E-state index in [4.69, 9.17) is 4.74 Å². The number of carbonyl (C=O) groups is 1. The zero-order valence-corrected chi connectivity index (χ0v) is 15.2. The standard InChI is InChI=1S/C20H30N2O2/c1-4-17-5-7-18(8-6-17)13-21(19-9-10-19)14-20(23)22-11-15(2)24-16(3)12-22/h5-8,15-16,19H,4,9-14H2,1-3H3. The van der Waals surface area contributed by atoms with Gasteiger partial charge in [0.1, 0.15) is 0 Å². The van der Waals surface area contributed by atoms with Gasteiger partial charge in [0.2, 0.25) is 5.91 Å². The van der Waals surface area contributed by atoms with Crippen LogP contribution < -0.4 is 0 Å². The van der Waals surface area contributed by atoms with Crippen molar-refractivity contribution in [2.75, 3.05) is 19.6 Å². The van der Waals surface area contributed by atoms with Crippen LogP contribution >= 0.6 is 0 Å². The van der Waals surface area contributed by atoms with Crippen molar-refractivity contribution in [1.82, 2.24) is 9.80 Å². The van der Waals surface area contributed by atoms with Crippen LogP contribution in [0.3, 0.4) is 0 Å². The van der Waals surface area contributed by atoms with Gasteiger partial charge in [0.15, 0.2) is 0 Å². The quantitative estimate of drug-likeness (QED) is 0.804. The summed E-state index contributed by atoms with van der Waals surface area (Å²) in [6, 6.07) is 9.40. The molecule has 1 amide bonds. The highest BCUT2D eigenvalue weighted by atomic mass is 16.5. The van der Waals surface area contributed by atoms with Crippen molar-refractivity contribution in [2.24, 2.45) is 0 Å². The van der Waals surface area contributed by atoms with E-state index in [0.717, 1.165) is 13.0 Å². The maximum absolute atomic E-state index is 12.8. The molecular weight excluding hydrogens is 300 g/mol. The SMILES string of the molecule is CCc1ccc(CN(CC(=O)N2CC(C)OC(C)C2)C2CC2)cc1. The second kappa shape index (κ2) is 7.66. The summed E-state index contributed by atoms with van der Waals surface area (Å²) in [5, 5.41) is 0. The van der Waals surface area contributed by atoms with Gasteiger partial charge in [0.25, 0.3) is 0 Å². The second-order valence-corrected chi connectivity index (χ2v) is 7.36. The van der Waals surface area contributed by atoms with Crippen LogP contribution in [0.2, 0.25) is 0 Å². The number of hydrogen-bond donors (Lipinski definition) is 0. The number of carbonyl (C=O) groups excluding carboxylic acids is 1. The molecule has 132 valence electrons.